The summed E-state index contributed by atoms with van der Waals surface area (Å²) in [5, 5.41) is 2.73. The Morgan fingerprint density at radius 2 is 1.69 bits per heavy atom. The molecule has 4 rings (SSSR count). The number of rotatable bonds is 3. The largest absolute Gasteiger partial charge is 0.335 e. The van der Waals surface area contributed by atoms with Crippen molar-refractivity contribution in [3.05, 3.63) is 72.7 Å². The predicted molar refractivity (Wildman–Crippen MR) is 104 cm³/mol. The smallest absolute Gasteiger partial charge is 0.321 e. The van der Waals surface area contributed by atoms with E-state index in [1.54, 1.807) is 51.4 Å². The van der Waals surface area contributed by atoms with Crippen molar-refractivity contribution in [2.75, 3.05) is 31.5 Å². The highest BCUT2D eigenvalue weighted by atomic mass is 19.1. The minimum absolute atomic E-state index is 0.117. The first-order valence-corrected chi connectivity index (χ1v) is 9.15. The van der Waals surface area contributed by atoms with Crippen LogP contribution in [0, 0.1) is 5.82 Å². The fraction of sp³-hybridized carbons (Fsp3) is 0.200. The zero-order chi connectivity index (χ0) is 20.2. The zero-order valence-electron chi connectivity index (χ0n) is 15.5. The fourth-order valence-corrected chi connectivity index (χ4v) is 3.09. The number of hydrogen-bond acceptors (Lipinski definition) is 4. The Morgan fingerprint density at radius 1 is 0.966 bits per heavy atom. The number of piperazine rings is 1. The van der Waals surface area contributed by atoms with E-state index in [0.29, 0.717) is 43.2 Å². The molecule has 0 radical (unpaired) electrons. The molecule has 0 spiro atoms. The molecule has 0 saturated carbocycles. The quantitative estimate of drug-likeness (QED) is 0.739. The second kappa shape index (κ2) is 8.09. The molecule has 8 nitrogen and oxygen atoms in total. The van der Waals surface area contributed by atoms with E-state index in [1.165, 1.54) is 24.3 Å². The molecule has 0 bridgehead atoms. The van der Waals surface area contributed by atoms with Crippen LogP contribution in [-0.4, -0.2) is 62.5 Å². The number of anilines is 1. The number of halogens is 1. The van der Waals surface area contributed by atoms with Crippen molar-refractivity contribution < 1.29 is 14.0 Å². The second-order valence-corrected chi connectivity index (χ2v) is 6.59. The summed E-state index contributed by atoms with van der Waals surface area (Å²) >= 11 is 0. The van der Waals surface area contributed by atoms with E-state index in [1.807, 2.05) is 0 Å². The van der Waals surface area contributed by atoms with E-state index >= 15 is 0 Å². The molecule has 1 saturated heterocycles. The first-order valence-electron chi connectivity index (χ1n) is 9.15. The SMILES string of the molecule is O=C(Nc1ccc(F)cc1)N1CCN(C(=O)c2ccc(-n3ccnc3)nc2)CC1. The van der Waals surface area contributed by atoms with Crippen LogP contribution in [-0.2, 0) is 0 Å². The minimum Gasteiger partial charge on any atom is -0.335 e. The zero-order valence-corrected chi connectivity index (χ0v) is 15.5. The third-order valence-corrected chi connectivity index (χ3v) is 4.71. The molecule has 0 atom stereocenters. The molecule has 0 aliphatic carbocycles. The molecule has 1 N–H and O–H groups in total. The molecule has 1 fully saturated rings. The molecule has 3 heterocycles. The van der Waals surface area contributed by atoms with Crippen molar-refractivity contribution in [1.82, 2.24) is 24.3 Å². The van der Waals surface area contributed by atoms with Gasteiger partial charge in [-0.25, -0.2) is 19.2 Å². The Bertz CT molecular complexity index is 981. The Morgan fingerprint density at radius 3 is 2.31 bits per heavy atom. The summed E-state index contributed by atoms with van der Waals surface area (Å²) in [7, 11) is 0. The van der Waals surface area contributed by atoms with Gasteiger partial charge in [0.25, 0.3) is 5.91 Å². The van der Waals surface area contributed by atoms with Crippen LogP contribution in [0.5, 0.6) is 0 Å². The molecule has 1 aromatic carbocycles. The van der Waals surface area contributed by atoms with Crippen molar-refractivity contribution in [1.29, 1.82) is 0 Å². The van der Waals surface area contributed by atoms with Crippen LogP contribution in [0.15, 0.2) is 61.3 Å². The van der Waals surface area contributed by atoms with Gasteiger partial charge in [-0.1, -0.05) is 0 Å². The topological polar surface area (TPSA) is 83.4 Å². The summed E-state index contributed by atoms with van der Waals surface area (Å²) in [5.74, 6) is 0.206. The van der Waals surface area contributed by atoms with Gasteiger partial charge in [0.05, 0.1) is 5.56 Å². The van der Waals surface area contributed by atoms with E-state index in [2.05, 4.69) is 15.3 Å². The summed E-state index contributed by atoms with van der Waals surface area (Å²) in [5.41, 5.74) is 1.03. The maximum Gasteiger partial charge on any atom is 0.321 e. The third kappa shape index (κ3) is 4.23. The van der Waals surface area contributed by atoms with E-state index in [0.717, 1.165) is 0 Å². The van der Waals surface area contributed by atoms with Crippen LogP contribution in [0.2, 0.25) is 0 Å². The molecule has 29 heavy (non-hydrogen) atoms. The van der Waals surface area contributed by atoms with Crippen molar-refractivity contribution in [3.63, 3.8) is 0 Å². The van der Waals surface area contributed by atoms with Gasteiger partial charge in [-0.05, 0) is 36.4 Å². The standard InChI is InChI=1S/C20H19FN6O2/c21-16-2-4-17(5-3-16)24-20(29)26-11-9-25(10-12-26)19(28)15-1-6-18(23-13-15)27-8-7-22-14-27/h1-8,13-14H,9-12H2,(H,24,29). The van der Waals surface area contributed by atoms with Crippen LogP contribution in [0.25, 0.3) is 5.82 Å². The van der Waals surface area contributed by atoms with Crippen molar-refractivity contribution >= 4 is 17.6 Å². The van der Waals surface area contributed by atoms with Gasteiger partial charge in [-0.3, -0.25) is 9.36 Å². The highest BCUT2D eigenvalue weighted by Gasteiger charge is 2.25. The van der Waals surface area contributed by atoms with Gasteiger partial charge in [0.15, 0.2) is 0 Å². The number of pyridine rings is 1. The van der Waals surface area contributed by atoms with Crippen LogP contribution < -0.4 is 5.32 Å². The maximum absolute atomic E-state index is 13.0. The number of nitrogens with zero attached hydrogens (tertiary/aromatic N) is 5. The molecule has 1 aliphatic heterocycles. The van der Waals surface area contributed by atoms with Crippen LogP contribution in [0.4, 0.5) is 14.9 Å². The lowest BCUT2D eigenvalue weighted by Crippen LogP contribution is -2.51. The Labute approximate surface area is 166 Å². The van der Waals surface area contributed by atoms with Crippen LogP contribution in [0.3, 0.4) is 0 Å². The number of urea groups is 1. The number of carbonyl (C=O) groups is 2. The summed E-state index contributed by atoms with van der Waals surface area (Å²) in [6, 6.07) is 8.83. The average Bonchev–Trinajstić information content (AvgIpc) is 3.30. The van der Waals surface area contributed by atoms with Gasteiger partial charge < -0.3 is 15.1 Å². The Hall–Kier alpha value is -3.75. The van der Waals surface area contributed by atoms with E-state index in [9.17, 15) is 14.0 Å². The van der Waals surface area contributed by atoms with Gasteiger partial charge in [0, 0.05) is 50.5 Å². The third-order valence-electron chi connectivity index (χ3n) is 4.71. The Balaban J connectivity index is 1.32. The fourth-order valence-electron chi connectivity index (χ4n) is 3.09. The lowest BCUT2D eigenvalue weighted by Gasteiger charge is -2.34. The summed E-state index contributed by atoms with van der Waals surface area (Å²) in [6.45, 7) is 1.69. The molecule has 148 valence electrons. The molecule has 3 aromatic rings. The van der Waals surface area contributed by atoms with Gasteiger partial charge in [0.1, 0.15) is 18.0 Å². The molecule has 2 aromatic heterocycles. The number of nitrogens with one attached hydrogen (secondary N) is 1. The number of benzene rings is 1. The maximum atomic E-state index is 13.0. The van der Waals surface area contributed by atoms with Gasteiger partial charge in [-0.15, -0.1) is 0 Å². The number of aromatic nitrogens is 3. The molecule has 9 heteroatoms. The van der Waals surface area contributed by atoms with E-state index in [-0.39, 0.29) is 17.8 Å². The van der Waals surface area contributed by atoms with E-state index < -0.39 is 0 Å². The Kier molecular flexibility index (Phi) is 5.19. The summed E-state index contributed by atoms with van der Waals surface area (Å²) in [6.07, 6.45) is 6.62. The lowest BCUT2D eigenvalue weighted by atomic mass is 10.2. The van der Waals surface area contributed by atoms with Crippen molar-refractivity contribution in [2.24, 2.45) is 0 Å². The van der Waals surface area contributed by atoms with Crippen molar-refractivity contribution in [2.45, 2.75) is 0 Å². The monoisotopic (exact) mass is 394 g/mol. The number of amides is 3. The second-order valence-electron chi connectivity index (χ2n) is 6.59. The molecular weight excluding hydrogens is 375 g/mol. The van der Waals surface area contributed by atoms with Gasteiger partial charge in [0.2, 0.25) is 0 Å². The first-order chi connectivity index (χ1) is 14.1. The van der Waals surface area contributed by atoms with Crippen LogP contribution in [0.1, 0.15) is 10.4 Å². The van der Waals surface area contributed by atoms with E-state index in [4.69, 9.17) is 0 Å². The average molecular weight is 394 g/mol. The summed E-state index contributed by atoms with van der Waals surface area (Å²) < 4.78 is 14.7. The molecule has 0 unspecified atom stereocenters. The molecule has 3 amide bonds. The van der Waals surface area contributed by atoms with Crippen molar-refractivity contribution in [3.8, 4) is 5.82 Å². The summed E-state index contributed by atoms with van der Waals surface area (Å²) in [4.78, 5) is 36.7. The van der Waals surface area contributed by atoms with Crippen LogP contribution >= 0.6 is 0 Å². The normalized spacial score (nSPS) is 14.0. The minimum atomic E-state index is -0.359. The molecular formula is C20H19FN6O2. The lowest BCUT2D eigenvalue weighted by molar-refractivity contribution is 0.0671. The molecule has 1 aliphatic rings. The highest BCUT2D eigenvalue weighted by molar-refractivity contribution is 5.94. The van der Waals surface area contributed by atoms with Gasteiger partial charge >= 0.3 is 6.03 Å². The first kappa shape index (κ1) is 18.6. The highest BCUT2D eigenvalue weighted by Crippen LogP contribution is 2.13. The van der Waals surface area contributed by atoms with Gasteiger partial charge in [-0.2, -0.15) is 0 Å². The predicted octanol–water partition coefficient (Wildman–Crippen LogP) is 2.40. The number of carbonyl (C=O) groups excluding carboxylic acids is 2. The number of imidazole rings is 1. The number of hydrogen-bond donors (Lipinski definition) is 1.